The van der Waals surface area contributed by atoms with E-state index < -0.39 is 51.5 Å². The molecule has 0 radical (unpaired) electrons. The van der Waals surface area contributed by atoms with Gasteiger partial charge in [0.15, 0.2) is 0 Å². The third-order valence-electron chi connectivity index (χ3n) is 2.72. The van der Waals surface area contributed by atoms with Gasteiger partial charge >= 0.3 is 20.7 Å². The Hall–Kier alpha value is -0.340. The molecule has 1 fully saturated rings. The van der Waals surface area contributed by atoms with E-state index in [0.29, 0.717) is 0 Å². The highest BCUT2D eigenvalue weighted by molar-refractivity contribution is 7.83. The van der Waals surface area contributed by atoms with Crippen molar-refractivity contribution in [3.63, 3.8) is 0 Å². The average molecular weight is 321 g/mol. The summed E-state index contributed by atoms with van der Waals surface area (Å²) in [7, 11) is -9.20. The van der Waals surface area contributed by atoms with Gasteiger partial charge in [-0.2, -0.15) is 21.6 Å². The van der Waals surface area contributed by atoms with Crippen LogP contribution in [0.4, 0.5) is 0 Å². The predicted molar refractivity (Wildman–Crippen MR) is 60.7 cm³/mol. The smallest absolute Gasteiger partial charge is 0.391 e. The SMILES string of the molecule is O=S(=O)(O)NC1C(O)CC(COS(=O)(=O)O)C[C@@H]1O. The van der Waals surface area contributed by atoms with E-state index in [1.54, 1.807) is 4.72 Å². The summed E-state index contributed by atoms with van der Waals surface area (Å²) in [5.74, 6) is -0.591. The molecule has 0 aromatic rings. The highest BCUT2D eigenvalue weighted by Crippen LogP contribution is 2.26. The molecule has 12 heteroatoms. The second-order valence-corrected chi connectivity index (χ2v) is 6.58. The highest BCUT2D eigenvalue weighted by atomic mass is 32.3. The zero-order valence-corrected chi connectivity index (χ0v) is 11.2. The van der Waals surface area contributed by atoms with Crippen LogP contribution in [0.1, 0.15) is 12.8 Å². The Morgan fingerprint density at radius 1 is 1.05 bits per heavy atom. The second kappa shape index (κ2) is 5.97. The summed E-state index contributed by atoms with van der Waals surface area (Å²) in [6.45, 7) is -0.453. The summed E-state index contributed by atoms with van der Waals surface area (Å²) in [6, 6.07) is -1.29. The first-order valence-electron chi connectivity index (χ1n) is 5.20. The maximum absolute atomic E-state index is 10.6. The van der Waals surface area contributed by atoms with E-state index >= 15 is 0 Å². The number of hydrogen-bond acceptors (Lipinski definition) is 7. The topological polar surface area (TPSA) is 170 Å². The lowest BCUT2D eigenvalue weighted by Gasteiger charge is -2.36. The van der Waals surface area contributed by atoms with Gasteiger partial charge in [-0.15, -0.1) is 0 Å². The molecule has 0 heterocycles. The van der Waals surface area contributed by atoms with Gasteiger partial charge < -0.3 is 10.2 Å². The largest absolute Gasteiger partial charge is 0.397 e. The molecule has 1 aliphatic rings. The number of hydrogen-bond donors (Lipinski definition) is 5. The van der Waals surface area contributed by atoms with Gasteiger partial charge in [-0.25, -0.2) is 4.18 Å². The standard InChI is InChI=1S/C7H15NO9S2/c9-5-1-4(3-17-19(14,15)16)2-6(10)7(5)8-18(11,12)13/h4-10H,1-3H2,(H,11,12,13)(H,14,15,16)/t4?,5-,6?,7?/m0/s1. The van der Waals surface area contributed by atoms with Crippen LogP contribution in [-0.4, -0.2) is 61.0 Å². The molecule has 0 saturated heterocycles. The van der Waals surface area contributed by atoms with Crippen molar-refractivity contribution in [3.05, 3.63) is 0 Å². The minimum Gasteiger partial charge on any atom is -0.391 e. The maximum atomic E-state index is 10.6. The van der Waals surface area contributed by atoms with E-state index in [2.05, 4.69) is 4.18 Å². The lowest BCUT2D eigenvalue weighted by Crippen LogP contribution is -2.55. The number of aliphatic hydroxyl groups excluding tert-OH is 2. The fraction of sp³-hybridized carbons (Fsp3) is 1.00. The van der Waals surface area contributed by atoms with E-state index in [9.17, 15) is 27.0 Å². The first kappa shape index (κ1) is 16.7. The molecule has 0 aromatic carbocycles. The Balaban J connectivity index is 2.61. The van der Waals surface area contributed by atoms with Crippen LogP contribution in [0.15, 0.2) is 0 Å². The third-order valence-corrected chi connectivity index (χ3v) is 3.72. The Kier molecular flexibility index (Phi) is 5.25. The molecule has 0 spiro atoms. The quantitative estimate of drug-likeness (QED) is 0.349. The molecule has 0 amide bonds. The molecule has 4 atom stereocenters. The van der Waals surface area contributed by atoms with E-state index in [1.165, 1.54) is 0 Å². The molecule has 0 aromatic heterocycles. The molecule has 3 unspecified atom stereocenters. The van der Waals surface area contributed by atoms with Crippen LogP contribution in [0, 0.1) is 5.92 Å². The highest BCUT2D eigenvalue weighted by Gasteiger charge is 2.38. The summed E-state index contributed by atoms with van der Waals surface area (Å²) in [5, 5.41) is 19.3. The summed E-state index contributed by atoms with van der Waals surface area (Å²) in [4.78, 5) is 0. The Labute approximate surface area is 110 Å². The van der Waals surface area contributed by atoms with Crippen LogP contribution in [0.2, 0.25) is 0 Å². The molecule has 1 aliphatic carbocycles. The molecule has 19 heavy (non-hydrogen) atoms. The van der Waals surface area contributed by atoms with Crippen LogP contribution in [0.5, 0.6) is 0 Å². The normalized spacial score (nSPS) is 33.3. The van der Waals surface area contributed by atoms with Crippen LogP contribution >= 0.6 is 0 Å². The fourth-order valence-electron chi connectivity index (χ4n) is 1.98. The molecule has 5 N–H and O–H groups in total. The van der Waals surface area contributed by atoms with Crippen molar-refractivity contribution in [2.75, 3.05) is 6.61 Å². The molecular weight excluding hydrogens is 306 g/mol. The van der Waals surface area contributed by atoms with Crippen LogP contribution < -0.4 is 4.72 Å². The van der Waals surface area contributed by atoms with Crippen LogP contribution in [0.25, 0.3) is 0 Å². The van der Waals surface area contributed by atoms with Gasteiger partial charge in [-0.3, -0.25) is 9.11 Å². The molecular formula is C7H15NO9S2. The van der Waals surface area contributed by atoms with Gasteiger partial charge in [0, 0.05) is 0 Å². The summed E-state index contributed by atoms with van der Waals surface area (Å²) in [6.07, 6.45) is -2.80. The predicted octanol–water partition coefficient (Wildman–Crippen LogP) is -2.30. The summed E-state index contributed by atoms with van der Waals surface area (Å²) >= 11 is 0. The first-order valence-corrected chi connectivity index (χ1v) is 8.01. The number of aliphatic hydroxyl groups is 2. The Bertz CT molecular complexity index is 489. The summed E-state index contributed by atoms with van der Waals surface area (Å²) < 4.78 is 64.7. The fourth-order valence-corrected chi connectivity index (χ4v) is 3.00. The van der Waals surface area contributed by atoms with Crippen molar-refractivity contribution in [2.24, 2.45) is 5.92 Å². The van der Waals surface area contributed by atoms with Crippen molar-refractivity contribution >= 4 is 20.7 Å². The van der Waals surface area contributed by atoms with E-state index in [0.717, 1.165) is 0 Å². The molecule has 114 valence electrons. The maximum Gasteiger partial charge on any atom is 0.397 e. The van der Waals surface area contributed by atoms with Crippen molar-refractivity contribution < 1.29 is 40.3 Å². The van der Waals surface area contributed by atoms with Crippen molar-refractivity contribution in [2.45, 2.75) is 31.1 Å². The zero-order chi connectivity index (χ0) is 14.8. The lowest BCUT2D eigenvalue weighted by atomic mass is 9.83. The monoisotopic (exact) mass is 321 g/mol. The van der Waals surface area contributed by atoms with Crippen LogP contribution in [-0.2, 0) is 24.9 Å². The molecule has 10 nitrogen and oxygen atoms in total. The number of nitrogens with one attached hydrogen (secondary N) is 1. The van der Waals surface area contributed by atoms with Crippen LogP contribution in [0.3, 0.4) is 0 Å². The van der Waals surface area contributed by atoms with Crippen molar-refractivity contribution in [1.82, 2.24) is 4.72 Å². The van der Waals surface area contributed by atoms with Gasteiger partial charge in [0.25, 0.3) is 0 Å². The molecule has 0 aliphatic heterocycles. The van der Waals surface area contributed by atoms with Gasteiger partial charge in [-0.1, -0.05) is 0 Å². The summed E-state index contributed by atoms with van der Waals surface area (Å²) in [5.41, 5.74) is 0. The minimum absolute atomic E-state index is 0.0697. The minimum atomic E-state index is -4.62. The molecule has 0 bridgehead atoms. The van der Waals surface area contributed by atoms with E-state index in [4.69, 9.17) is 9.11 Å². The van der Waals surface area contributed by atoms with E-state index in [1.807, 2.05) is 0 Å². The Morgan fingerprint density at radius 2 is 1.53 bits per heavy atom. The van der Waals surface area contributed by atoms with Gasteiger partial charge in [0.05, 0.1) is 24.9 Å². The zero-order valence-electron chi connectivity index (χ0n) is 9.58. The van der Waals surface area contributed by atoms with Crippen molar-refractivity contribution in [1.29, 1.82) is 0 Å². The van der Waals surface area contributed by atoms with Gasteiger partial charge in [0.1, 0.15) is 0 Å². The third kappa shape index (κ3) is 6.09. The lowest BCUT2D eigenvalue weighted by molar-refractivity contribution is -0.0231. The first-order chi connectivity index (χ1) is 8.48. The van der Waals surface area contributed by atoms with Gasteiger partial charge in [0.2, 0.25) is 0 Å². The molecule has 1 saturated carbocycles. The molecule has 1 rings (SSSR count). The average Bonchev–Trinajstić information content (AvgIpc) is 2.18. The van der Waals surface area contributed by atoms with E-state index in [-0.39, 0.29) is 12.8 Å². The van der Waals surface area contributed by atoms with Gasteiger partial charge in [-0.05, 0) is 18.8 Å². The van der Waals surface area contributed by atoms with Crippen molar-refractivity contribution in [3.8, 4) is 0 Å². The Morgan fingerprint density at radius 3 is 1.89 bits per heavy atom. The second-order valence-electron chi connectivity index (χ2n) is 4.30. The number of rotatable bonds is 5.